The molecule has 8 heteroatoms. The summed E-state index contributed by atoms with van der Waals surface area (Å²) in [6.45, 7) is 2.59. The van der Waals surface area contributed by atoms with Crippen LogP contribution in [0.15, 0.2) is 64.3 Å². The first-order valence-electron chi connectivity index (χ1n) is 11.4. The summed E-state index contributed by atoms with van der Waals surface area (Å²) >= 11 is 0. The van der Waals surface area contributed by atoms with Gasteiger partial charge in [0.25, 0.3) is 11.1 Å². The van der Waals surface area contributed by atoms with E-state index in [1.165, 1.54) is 4.68 Å². The highest BCUT2D eigenvalue weighted by atomic mass is 16.5. The van der Waals surface area contributed by atoms with E-state index in [1.54, 1.807) is 22.3 Å². The fourth-order valence-corrected chi connectivity index (χ4v) is 4.84. The van der Waals surface area contributed by atoms with E-state index < -0.39 is 6.23 Å². The highest BCUT2D eigenvalue weighted by Gasteiger charge is 2.23. The fraction of sp³-hybridized carbons (Fsp3) is 0.269. The Bertz CT molecular complexity index is 1670. The minimum absolute atomic E-state index is 0.223. The number of fused-ring (bicyclic) bond motifs is 5. The summed E-state index contributed by atoms with van der Waals surface area (Å²) < 4.78 is 16.0. The molecule has 172 valence electrons. The predicted molar refractivity (Wildman–Crippen MR) is 130 cm³/mol. The Morgan fingerprint density at radius 2 is 1.79 bits per heavy atom. The Hall–Kier alpha value is -3.91. The molecule has 1 atom stereocenters. The van der Waals surface area contributed by atoms with Crippen molar-refractivity contribution in [3.8, 4) is 11.4 Å². The van der Waals surface area contributed by atoms with Crippen LogP contribution in [-0.2, 0) is 4.74 Å². The lowest BCUT2D eigenvalue weighted by molar-refractivity contribution is -0.0421. The molecule has 0 N–H and O–H groups in total. The van der Waals surface area contributed by atoms with E-state index in [1.807, 2.05) is 55.5 Å². The van der Waals surface area contributed by atoms with Crippen molar-refractivity contribution in [3.05, 3.63) is 81.0 Å². The van der Waals surface area contributed by atoms with E-state index in [2.05, 4.69) is 5.10 Å². The molecule has 1 saturated heterocycles. The maximum Gasteiger partial charge on any atom is 0.295 e. The highest BCUT2D eigenvalue weighted by molar-refractivity contribution is 5.93. The Kier molecular flexibility index (Phi) is 4.77. The molecule has 1 aliphatic rings. The van der Waals surface area contributed by atoms with Gasteiger partial charge in [-0.2, -0.15) is 9.78 Å². The van der Waals surface area contributed by atoms with Crippen LogP contribution in [0.5, 0.6) is 5.75 Å². The summed E-state index contributed by atoms with van der Waals surface area (Å²) in [5.41, 5.74) is 3.26. The lowest BCUT2D eigenvalue weighted by Crippen LogP contribution is -2.34. The van der Waals surface area contributed by atoms with Crippen molar-refractivity contribution >= 4 is 27.5 Å². The largest absolute Gasteiger partial charge is 0.497 e. The van der Waals surface area contributed by atoms with E-state index in [0.717, 1.165) is 35.7 Å². The quantitative estimate of drug-likeness (QED) is 0.410. The van der Waals surface area contributed by atoms with Crippen LogP contribution in [0, 0.1) is 6.92 Å². The molecular weight excluding hydrogens is 432 g/mol. The summed E-state index contributed by atoms with van der Waals surface area (Å²) in [6.07, 6.45) is 3.86. The van der Waals surface area contributed by atoms with Crippen LogP contribution >= 0.6 is 0 Å². The van der Waals surface area contributed by atoms with Crippen molar-refractivity contribution < 1.29 is 9.47 Å². The van der Waals surface area contributed by atoms with Crippen molar-refractivity contribution in [2.45, 2.75) is 32.4 Å². The molecular formula is C26H24N4O4. The van der Waals surface area contributed by atoms with Crippen LogP contribution in [0.1, 0.15) is 31.1 Å². The summed E-state index contributed by atoms with van der Waals surface area (Å²) in [4.78, 5) is 27.7. The first-order chi connectivity index (χ1) is 16.6. The van der Waals surface area contributed by atoms with Crippen LogP contribution < -0.4 is 15.9 Å². The molecule has 5 aromatic rings. The predicted octanol–water partition coefficient (Wildman–Crippen LogP) is 3.97. The maximum atomic E-state index is 13.9. The number of ether oxygens (including phenoxy) is 2. The van der Waals surface area contributed by atoms with Gasteiger partial charge < -0.3 is 9.47 Å². The summed E-state index contributed by atoms with van der Waals surface area (Å²) in [7, 11) is 1.60. The van der Waals surface area contributed by atoms with Gasteiger partial charge in [-0.15, -0.1) is 0 Å². The normalized spacial score (nSPS) is 16.5. The number of methoxy groups -OCH3 is 1. The van der Waals surface area contributed by atoms with E-state index in [9.17, 15) is 9.59 Å². The van der Waals surface area contributed by atoms with E-state index >= 15 is 0 Å². The standard InChI is InChI=1S/C26H24N4O4/c1-16-6-8-18(9-7-16)28-22-15-27-30(23-5-3-4-12-34-23)26(32)24(22)29-20-11-10-19(33-2)13-17(20)14-21(29)25(28)31/h6-11,13-15,23H,3-5,12H2,1-2H3. The van der Waals surface area contributed by atoms with Gasteiger partial charge in [-0.25, -0.2) is 0 Å². The Labute approximate surface area is 194 Å². The van der Waals surface area contributed by atoms with Crippen LogP contribution in [0.25, 0.3) is 33.1 Å². The van der Waals surface area contributed by atoms with Crippen LogP contribution in [0.2, 0.25) is 0 Å². The number of rotatable bonds is 3. The van der Waals surface area contributed by atoms with Crippen molar-refractivity contribution in [3.63, 3.8) is 0 Å². The molecule has 3 aromatic heterocycles. The number of hydrogen-bond acceptors (Lipinski definition) is 5. The monoisotopic (exact) mass is 456 g/mol. The van der Waals surface area contributed by atoms with E-state index in [-0.39, 0.29) is 11.1 Å². The molecule has 0 radical (unpaired) electrons. The highest BCUT2D eigenvalue weighted by Crippen LogP contribution is 2.27. The van der Waals surface area contributed by atoms with Crippen LogP contribution in [0.4, 0.5) is 0 Å². The second-order valence-corrected chi connectivity index (χ2v) is 8.72. The molecule has 1 aliphatic heterocycles. The second kappa shape index (κ2) is 7.85. The minimum Gasteiger partial charge on any atom is -0.497 e. The third-order valence-corrected chi connectivity index (χ3v) is 6.57. The smallest absolute Gasteiger partial charge is 0.295 e. The van der Waals surface area contributed by atoms with Gasteiger partial charge in [0.05, 0.1) is 24.3 Å². The molecule has 0 amide bonds. The zero-order chi connectivity index (χ0) is 23.4. The average Bonchev–Trinajstić information content (AvgIpc) is 3.25. The minimum atomic E-state index is -0.414. The Balaban J connectivity index is 1.78. The molecule has 6 rings (SSSR count). The first kappa shape index (κ1) is 20.7. The van der Waals surface area contributed by atoms with Crippen molar-refractivity contribution in [2.24, 2.45) is 0 Å². The lowest BCUT2D eigenvalue weighted by Gasteiger charge is -2.24. The second-order valence-electron chi connectivity index (χ2n) is 8.72. The molecule has 34 heavy (non-hydrogen) atoms. The van der Waals surface area contributed by atoms with Gasteiger partial charge in [-0.3, -0.25) is 18.6 Å². The van der Waals surface area contributed by atoms with E-state index in [0.29, 0.717) is 34.6 Å². The zero-order valence-electron chi connectivity index (χ0n) is 19.0. The summed E-state index contributed by atoms with van der Waals surface area (Å²) in [6, 6.07) is 15.0. The number of benzene rings is 2. The zero-order valence-corrected chi connectivity index (χ0v) is 19.0. The molecule has 8 nitrogen and oxygen atoms in total. The number of nitrogens with zero attached hydrogens (tertiary/aromatic N) is 4. The van der Waals surface area contributed by atoms with Gasteiger partial charge in [0.1, 0.15) is 16.8 Å². The van der Waals surface area contributed by atoms with Crippen molar-refractivity contribution in [2.75, 3.05) is 13.7 Å². The summed E-state index contributed by atoms with van der Waals surface area (Å²) in [5.74, 6) is 0.682. The lowest BCUT2D eigenvalue weighted by atomic mass is 10.2. The molecule has 0 bridgehead atoms. The van der Waals surface area contributed by atoms with Crippen molar-refractivity contribution in [1.82, 2.24) is 18.7 Å². The van der Waals surface area contributed by atoms with Gasteiger partial charge in [0.15, 0.2) is 6.23 Å². The third kappa shape index (κ3) is 3.06. The first-order valence-corrected chi connectivity index (χ1v) is 11.4. The van der Waals surface area contributed by atoms with Gasteiger partial charge in [-0.05, 0) is 62.6 Å². The molecule has 0 spiro atoms. The molecule has 4 heterocycles. The molecule has 0 aliphatic carbocycles. The average molecular weight is 457 g/mol. The Morgan fingerprint density at radius 3 is 2.53 bits per heavy atom. The molecule has 2 aromatic carbocycles. The van der Waals surface area contributed by atoms with Gasteiger partial charge in [0.2, 0.25) is 0 Å². The van der Waals surface area contributed by atoms with Gasteiger partial charge in [0, 0.05) is 17.7 Å². The Morgan fingerprint density at radius 1 is 0.971 bits per heavy atom. The van der Waals surface area contributed by atoms with Crippen molar-refractivity contribution in [1.29, 1.82) is 0 Å². The topological polar surface area (TPSA) is 79.8 Å². The third-order valence-electron chi connectivity index (χ3n) is 6.57. The SMILES string of the molecule is COc1ccc2c(c1)cc1c(=O)n(-c3ccc(C)cc3)c3cnn(C4CCCCO4)c(=O)c3n12. The molecule has 0 saturated carbocycles. The maximum absolute atomic E-state index is 13.9. The number of aryl methyl sites for hydroxylation is 1. The van der Waals surface area contributed by atoms with E-state index in [4.69, 9.17) is 9.47 Å². The van der Waals surface area contributed by atoms with Crippen LogP contribution in [-0.4, -0.2) is 32.5 Å². The number of aromatic nitrogens is 4. The van der Waals surface area contributed by atoms with Crippen LogP contribution in [0.3, 0.4) is 0 Å². The number of hydrogen-bond donors (Lipinski definition) is 0. The molecule has 1 fully saturated rings. The summed E-state index contributed by atoms with van der Waals surface area (Å²) in [5, 5.41) is 5.28. The van der Waals surface area contributed by atoms with Gasteiger partial charge >= 0.3 is 0 Å². The molecule has 1 unspecified atom stereocenters. The van der Waals surface area contributed by atoms with Gasteiger partial charge in [-0.1, -0.05) is 17.7 Å². The fourth-order valence-electron chi connectivity index (χ4n) is 4.84.